The van der Waals surface area contributed by atoms with Crippen LogP contribution in [0.1, 0.15) is 10.4 Å². The lowest BCUT2D eigenvalue weighted by Gasteiger charge is -2.26. The normalized spacial score (nSPS) is 13.7. The highest BCUT2D eigenvalue weighted by Gasteiger charge is 2.18. The number of morpholine rings is 1. The number of halogens is 2. The van der Waals surface area contributed by atoms with Gasteiger partial charge in [-0.2, -0.15) is 13.9 Å². The molecule has 0 unspecified atom stereocenters. The quantitative estimate of drug-likeness (QED) is 0.605. The SMILES string of the molecule is NCC(Cn1ncn(-c2cccc(-c3ccc(C(=O)N4CCOCC4)cc3)n2)c1=O)=C(F)F. The van der Waals surface area contributed by atoms with E-state index < -0.39 is 18.3 Å². The fraction of sp³-hybridized carbons (Fsp3) is 0.273. The Bertz CT molecular complexity index is 1230. The van der Waals surface area contributed by atoms with Gasteiger partial charge in [-0.1, -0.05) is 18.2 Å². The summed E-state index contributed by atoms with van der Waals surface area (Å²) in [6, 6.07) is 12.1. The third kappa shape index (κ3) is 4.89. The Morgan fingerprint density at radius 1 is 1.09 bits per heavy atom. The molecule has 1 aliphatic heterocycles. The van der Waals surface area contributed by atoms with Crippen LogP contribution in [0.25, 0.3) is 17.1 Å². The fourth-order valence-electron chi connectivity index (χ4n) is 3.44. The summed E-state index contributed by atoms with van der Waals surface area (Å²) < 4.78 is 33.1. The number of nitrogens with two attached hydrogens (primary N) is 1. The molecule has 33 heavy (non-hydrogen) atoms. The molecule has 0 spiro atoms. The van der Waals surface area contributed by atoms with Gasteiger partial charge in [-0.3, -0.25) is 4.79 Å². The molecule has 1 amide bonds. The van der Waals surface area contributed by atoms with E-state index in [4.69, 9.17) is 10.5 Å². The maximum atomic E-state index is 12.9. The van der Waals surface area contributed by atoms with Crippen LogP contribution in [-0.2, 0) is 11.3 Å². The summed E-state index contributed by atoms with van der Waals surface area (Å²) in [6.45, 7) is 1.41. The second kappa shape index (κ2) is 9.84. The second-order valence-corrected chi connectivity index (χ2v) is 7.37. The van der Waals surface area contributed by atoms with E-state index in [0.717, 1.165) is 10.2 Å². The first-order valence-corrected chi connectivity index (χ1v) is 10.3. The Kier molecular flexibility index (Phi) is 6.71. The van der Waals surface area contributed by atoms with Crippen LogP contribution in [0, 0.1) is 0 Å². The van der Waals surface area contributed by atoms with Crippen molar-refractivity contribution in [3.05, 3.63) is 76.5 Å². The zero-order chi connectivity index (χ0) is 23.4. The zero-order valence-corrected chi connectivity index (χ0v) is 17.7. The minimum absolute atomic E-state index is 0.0545. The van der Waals surface area contributed by atoms with E-state index in [2.05, 4.69) is 10.1 Å². The van der Waals surface area contributed by atoms with E-state index in [1.165, 1.54) is 10.9 Å². The van der Waals surface area contributed by atoms with Crippen LogP contribution < -0.4 is 11.4 Å². The van der Waals surface area contributed by atoms with Crippen molar-refractivity contribution < 1.29 is 18.3 Å². The number of hydrogen-bond acceptors (Lipinski definition) is 6. The average Bonchev–Trinajstić information content (AvgIpc) is 3.22. The molecule has 0 bridgehead atoms. The lowest BCUT2D eigenvalue weighted by atomic mass is 10.1. The summed E-state index contributed by atoms with van der Waals surface area (Å²) in [4.78, 5) is 31.5. The van der Waals surface area contributed by atoms with Crippen molar-refractivity contribution in [2.24, 2.45) is 5.73 Å². The van der Waals surface area contributed by atoms with Crippen LogP contribution >= 0.6 is 0 Å². The lowest BCUT2D eigenvalue weighted by Crippen LogP contribution is -2.40. The maximum absolute atomic E-state index is 12.9. The Morgan fingerprint density at radius 2 is 1.82 bits per heavy atom. The summed E-state index contributed by atoms with van der Waals surface area (Å²) in [6.07, 6.45) is -0.697. The van der Waals surface area contributed by atoms with Gasteiger partial charge < -0.3 is 15.4 Å². The van der Waals surface area contributed by atoms with Crippen molar-refractivity contribution in [2.45, 2.75) is 6.54 Å². The average molecular weight is 456 g/mol. The van der Waals surface area contributed by atoms with Gasteiger partial charge in [-0.15, -0.1) is 0 Å². The van der Waals surface area contributed by atoms with Crippen molar-refractivity contribution in [1.29, 1.82) is 0 Å². The van der Waals surface area contributed by atoms with Crippen LogP contribution in [0.4, 0.5) is 8.78 Å². The van der Waals surface area contributed by atoms with E-state index in [1.54, 1.807) is 47.4 Å². The van der Waals surface area contributed by atoms with Crippen LogP contribution in [0.3, 0.4) is 0 Å². The number of carbonyl (C=O) groups excluding carboxylic acids is 1. The predicted octanol–water partition coefficient (Wildman–Crippen LogP) is 1.68. The Hall–Kier alpha value is -3.70. The topological polar surface area (TPSA) is 108 Å². The number of rotatable bonds is 6. The van der Waals surface area contributed by atoms with Gasteiger partial charge >= 0.3 is 5.69 Å². The third-order valence-corrected chi connectivity index (χ3v) is 5.29. The molecule has 9 nitrogen and oxygen atoms in total. The van der Waals surface area contributed by atoms with Crippen LogP contribution in [0.2, 0.25) is 0 Å². The summed E-state index contributed by atoms with van der Waals surface area (Å²) >= 11 is 0. The van der Waals surface area contributed by atoms with Gasteiger partial charge in [0.1, 0.15) is 12.1 Å². The van der Waals surface area contributed by atoms with Gasteiger partial charge in [0.05, 0.1) is 25.5 Å². The van der Waals surface area contributed by atoms with Crippen molar-refractivity contribution in [2.75, 3.05) is 32.8 Å². The molecule has 3 aromatic rings. The van der Waals surface area contributed by atoms with E-state index in [9.17, 15) is 18.4 Å². The third-order valence-electron chi connectivity index (χ3n) is 5.29. The molecule has 2 aromatic heterocycles. The number of pyridine rings is 1. The molecule has 1 saturated heterocycles. The van der Waals surface area contributed by atoms with Gasteiger partial charge in [0, 0.05) is 36.3 Å². The summed E-state index contributed by atoms with van der Waals surface area (Å²) in [5.41, 5.74) is 6.24. The van der Waals surface area contributed by atoms with Gasteiger partial charge in [0.15, 0.2) is 0 Å². The number of ether oxygens (including phenoxy) is 1. The lowest BCUT2D eigenvalue weighted by molar-refractivity contribution is 0.0303. The van der Waals surface area contributed by atoms with Gasteiger partial charge in [0.2, 0.25) is 0 Å². The molecule has 3 heterocycles. The second-order valence-electron chi connectivity index (χ2n) is 7.37. The highest BCUT2D eigenvalue weighted by molar-refractivity contribution is 5.94. The minimum Gasteiger partial charge on any atom is -0.378 e. The van der Waals surface area contributed by atoms with E-state index in [1.807, 2.05) is 0 Å². The number of amides is 1. The molecule has 1 aliphatic rings. The first-order chi connectivity index (χ1) is 16.0. The monoisotopic (exact) mass is 456 g/mol. The molecule has 0 atom stereocenters. The van der Waals surface area contributed by atoms with E-state index in [0.29, 0.717) is 37.6 Å². The number of aromatic nitrogens is 4. The van der Waals surface area contributed by atoms with Gasteiger partial charge in [0.25, 0.3) is 12.0 Å². The predicted molar refractivity (Wildman–Crippen MR) is 116 cm³/mol. The Morgan fingerprint density at radius 3 is 2.48 bits per heavy atom. The molecule has 172 valence electrons. The highest BCUT2D eigenvalue weighted by Crippen LogP contribution is 2.20. The van der Waals surface area contributed by atoms with Crippen molar-refractivity contribution >= 4 is 5.91 Å². The number of nitrogens with zero attached hydrogens (tertiary/aromatic N) is 5. The highest BCUT2D eigenvalue weighted by atomic mass is 19.3. The van der Waals surface area contributed by atoms with E-state index in [-0.39, 0.29) is 23.8 Å². The maximum Gasteiger partial charge on any atom is 0.351 e. The standard InChI is InChI=1S/C22H22F2N6O3/c23-20(24)17(12-25)13-30-22(32)29(14-26-30)19-3-1-2-18(27-19)15-4-6-16(7-5-15)21(31)28-8-10-33-11-9-28/h1-7,14H,8-13,25H2. The largest absolute Gasteiger partial charge is 0.378 e. The van der Waals surface area contributed by atoms with Crippen LogP contribution in [-0.4, -0.2) is 63.0 Å². The first kappa shape index (κ1) is 22.5. The molecule has 1 fully saturated rings. The Labute approximate surface area is 187 Å². The summed E-state index contributed by atoms with van der Waals surface area (Å²) in [7, 11) is 0. The molecule has 11 heteroatoms. The smallest absolute Gasteiger partial charge is 0.351 e. The van der Waals surface area contributed by atoms with Crippen molar-refractivity contribution in [3.63, 3.8) is 0 Å². The van der Waals surface area contributed by atoms with Crippen LogP contribution in [0.15, 0.2) is 65.2 Å². The van der Waals surface area contributed by atoms with E-state index >= 15 is 0 Å². The fourth-order valence-corrected chi connectivity index (χ4v) is 3.44. The minimum atomic E-state index is -1.92. The molecule has 1 aromatic carbocycles. The van der Waals surface area contributed by atoms with Gasteiger partial charge in [-0.25, -0.2) is 19.0 Å². The molecule has 0 aliphatic carbocycles. The van der Waals surface area contributed by atoms with Crippen molar-refractivity contribution in [1.82, 2.24) is 24.2 Å². The number of carbonyl (C=O) groups is 1. The molecular formula is C22H22F2N6O3. The number of hydrogen-bond donors (Lipinski definition) is 1. The molecule has 2 N–H and O–H groups in total. The summed E-state index contributed by atoms with van der Waals surface area (Å²) in [5, 5.41) is 3.89. The zero-order valence-electron chi connectivity index (χ0n) is 17.7. The number of benzene rings is 1. The van der Waals surface area contributed by atoms with Crippen LogP contribution in [0.5, 0.6) is 0 Å². The summed E-state index contributed by atoms with van der Waals surface area (Å²) in [5.74, 6) is 0.234. The molecule has 4 rings (SSSR count). The molecular weight excluding hydrogens is 434 g/mol. The Balaban J connectivity index is 1.56. The first-order valence-electron chi connectivity index (χ1n) is 10.3. The molecule has 0 saturated carbocycles. The van der Waals surface area contributed by atoms with Crippen molar-refractivity contribution in [3.8, 4) is 17.1 Å². The van der Waals surface area contributed by atoms with Gasteiger partial charge in [-0.05, 0) is 24.3 Å². The molecule has 0 radical (unpaired) electrons.